The number of benzene rings is 1. The van der Waals surface area contributed by atoms with Crippen molar-refractivity contribution in [2.45, 2.75) is 75.7 Å². The molecule has 0 aromatic heterocycles. The van der Waals surface area contributed by atoms with Gasteiger partial charge in [-0.2, -0.15) is 0 Å². The summed E-state index contributed by atoms with van der Waals surface area (Å²) in [6.07, 6.45) is 11.7. The lowest BCUT2D eigenvalue weighted by Crippen LogP contribution is -2.41. The minimum atomic E-state index is -1.12. The van der Waals surface area contributed by atoms with E-state index >= 15 is 0 Å². The van der Waals surface area contributed by atoms with Crippen molar-refractivity contribution in [2.75, 3.05) is 20.8 Å². The van der Waals surface area contributed by atoms with E-state index in [2.05, 4.69) is 62.9 Å². The highest BCUT2D eigenvalue weighted by Crippen LogP contribution is 2.70. The Hall–Kier alpha value is -0.390. The molecule has 1 aromatic rings. The Bertz CT molecular complexity index is 508. The molecule has 2 saturated carbocycles. The summed E-state index contributed by atoms with van der Waals surface area (Å²) >= 11 is 0. The van der Waals surface area contributed by atoms with Crippen molar-refractivity contribution in [1.29, 1.82) is 0 Å². The molecule has 0 aliphatic heterocycles. The molecule has 3 unspecified atom stereocenters. The highest BCUT2D eigenvalue weighted by molar-refractivity contribution is 7.83. The summed E-state index contributed by atoms with van der Waals surface area (Å²) in [5.74, 6) is 0.889. The SMILES string of the molecule is C[C@H](C1CCCC1[P+](C)(c1ccccc1)C1CCCCC1)N(C)C. The fourth-order valence-electron chi connectivity index (χ4n) is 5.62. The molecule has 0 spiro atoms. The topological polar surface area (TPSA) is 3.24 Å². The lowest BCUT2D eigenvalue weighted by Gasteiger charge is -2.42. The molecule has 2 aliphatic rings. The Morgan fingerprint density at radius 1 is 0.917 bits per heavy atom. The quantitative estimate of drug-likeness (QED) is 0.644. The second-order valence-corrected chi connectivity index (χ2v) is 12.8. The van der Waals surface area contributed by atoms with Gasteiger partial charge >= 0.3 is 0 Å². The van der Waals surface area contributed by atoms with Crippen molar-refractivity contribution in [1.82, 2.24) is 4.90 Å². The van der Waals surface area contributed by atoms with E-state index in [1.54, 1.807) is 5.30 Å². The van der Waals surface area contributed by atoms with Crippen LogP contribution in [-0.2, 0) is 0 Å². The van der Waals surface area contributed by atoms with Gasteiger partial charge in [-0.1, -0.05) is 24.6 Å². The molecule has 0 saturated heterocycles. The van der Waals surface area contributed by atoms with Gasteiger partial charge in [0.1, 0.15) is 0 Å². The zero-order chi connectivity index (χ0) is 17.2. The van der Waals surface area contributed by atoms with Gasteiger partial charge in [0.25, 0.3) is 0 Å². The zero-order valence-electron chi connectivity index (χ0n) is 16.2. The molecule has 0 N–H and O–H groups in total. The lowest BCUT2D eigenvalue weighted by atomic mass is 9.98. The standard InChI is InChI=1S/C22H37NP/c1-18(23(2)3)21-16-11-17-22(21)24(4,19-12-7-5-8-13-19)20-14-9-6-10-15-20/h5,7-8,12-13,18,20-22H,6,9-11,14-17H2,1-4H3/q+1/t18-,21?,22?,24?/m1/s1. The van der Waals surface area contributed by atoms with Crippen LogP contribution < -0.4 is 5.30 Å². The first kappa shape index (κ1) is 18.4. The van der Waals surface area contributed by atoms with Crippen molar-refractivity contribution in [3.05, 3.63) is 30.3 Å². The van der Waals surface area contributed by atoms with E-state index in [0.29, 0.717) is 6.04 Å². The predicted octanol–water partition coefficient (Wildman–Crippen LogP) is 5.41. The molecule has 24 heavy (non-hydrogen) atoms. The van der Waals surface area contributed by atoms with Crippen molar-refractivity contribution >= 4 is 12.6 Å². The first-order chi connectivity index (χ1) is 11.5. The Balaban J connectivity index is 1.97. The number of rotatable bonds is 5. The molecular formula is C22H37NP+. The van der Waals surface area contributed by atoms with Crippen LogP contribution in [0.3, 0.4) is 0 Å². The molecule has 2 fully saturated rings. The minimum absolute atomic E-state index is 0.712. The molecular weight excluding hydrogens is 309 g/mol. The van der Waals surface area contributed by atoms with Crippen LogP contribution in [0.2, 0.25) is 0 Å². The molecule has 0 radical (unpaired) electrons. The summed E-state index contributed by atoms with van der Waals surface area (Å²) < 4.78 is 0. The molecule has 1 aromatic carbocycles. The number of hydrogen-bond acceptors (Lipinski definition) is 1. The summed E-state index contributed by atoms with van der Waals surface area (Å²) in [5.41, 5.74) is 1.93. The number of nitrogens with zero attached hydrogens (tertiary/aromatic N) is 1. The van der Waals surface area contributed by atoms with E-state index in [0.717, 1.165) is 17.2 Å². The zero-order valence-corrected chi connectivity index (χ0v) is 17.1. The second kappa shape index (κ2) is 7.88. The van der Waals surface area contributed by atoms with Crippen LogP contribution in [0, 0.1) is 5.92 Å². The third-order valence-corrected chi connectivity index (χ3v) is 12.8. The molecule has 4 atom stereocenters. The van der Waals surface area contributed by atoms with E-state index in [9.17, 15) is 0 Å². The van der Waals surface area contributed by atoms with Crippen molar-refractivity contribution in [3.63, 3.8) is 0 Å². The van der Waals surface area contributed by atoms with Gasteiger partial charge in [0.2, 0.25) is 0 Å². The van der Waals surface area contributed by atoms with E-state index in [1.165, 1.54) is 51.4 Å². The van der Waals surface area contributed by atoms with Crippen molar-refractivity contribution < 1.29 is 0 Å². The van der Waals surface area contributed by atoms with Crippen LogP contribution in [-0.4, -0.2) is 43.0 Å². The monoisotopic (exact) mass is 346 g/mol. The van der Waals surface area contributed by atoms with E-state index < -0.39 is 7.26 Å². The van der Waals surface area contributed by atoms with Gasteiger partial charge in [-0.05, 0) is 78.1 Å². The third-order valence-electron chi connectivity index (χ3n) is 7.30. The highest BCUT2D eigenvalue weighted by atomic mass is 31.2. The first-order valence-electron chi connectivity index (χ1n) is 10.1. The van der Waals surface area contributed by atoms with E-state index in [4.69, 9.17) is 0 Å². The van der Waals surface area contributed by atoms with Crippen LogP contribution in [0.25, 0.3) is 0 Å². The Morgan fingerprint density at radius 2 is 1.58 bits per heavy atom. The molecule has 0 bridgehead atoms. The third kappa shape index (κ3) is 3.45. The fourth-order valence-corrected chi connectivity index (χ4v) is 11.1. The fraction of sp³-hybridized carbons (Fsp3) is 0.727. The van der Waals surface area contributed by atoms with Gasteiger partial charge < -0.3 is 4.90 Å². The number of hydrogen-bond donors (Lipinski definition) is 0. The summed E-state index contributed by atoms with van der Waals surface area (Å²) in [6.45, 7) is 5.21. The normalized spacial score (nSPS) is 29.5. The van der Waals surface area contributed by atoms with Crippen LogP contribution in [0.1, 0.15) is 58.3 Å². The van der Waals surface area contributed by atoms with Crippen LogP contribution in [0.5, 0.6) is 0 Å². The van der Waals surface area contributed by atoms with Crippen molar-refractivity contribution in [3.8, 4) is 0 Å². The average molecular weight is 347 g/mol. The van der Waals surface area contributed by atoms with Gasteiger partial charge in [0, 0.05) is 12.0 Å². The van der Waals surface area contributed by atoms with Gasteiger partial charge in [0.15, 0.2) is 0 Å². The largest absolute Gasteiger partial charge is 0.306 e. The van der Waals surface area contributed by atoms with Crippen molar-refractivity contribution in [2.24, 2.45) is 5.92 Å². The maximum atomic E-state index is 2.74. The van der Waals surface area contributed by atoms with Gasteiger partial charge in [-0.3, -0.25) is 0 Å². The molecule has 134 valence electrons. The summed E-state index contributed by atoms with van der Waals surface area (Å²) in [6, 6.07) is 12.4. The molecule has 3 rings (SSSR count). The van der Waals surface area contributed by atoms with E-state index in [1.807, 2.05) is 0 Å². The van der Waals surface area contributed by atoms with Crippen LogP contribution in [0.15, 0.2) is 30.3 Å². The maximum Gasteiger partial charge on any atom is 0.0942 e. The molecule has 2 aliphatic carbocycles. The van der Waals surface area contributed by atoms with E-state index in [-0.39, 0.29) is 0 Å². The van der Waals surface area contributed by atoms with Gasteiger partial charge in [-0.15, -0.1) is 0 Å². The molecule has 2 heteroatoms. The smallest absolute Gasteiger partial charge is 0.0942 e. The van der Waals surface area contributed by atoms with Crippen LogP contribution in [0.4, 0.5) is 0 Å². The van der Waals surface area contributed by atoms with Gasteiger partial charge in [0.05, 0.1) is 30.5 Å². The molecule has 1 nitrogen and oxygen atoms in total. The van der Waals surface area contributed by atoms with Gasteiger partial charge in [-0.25, -0.2) is 0 Å². The molecule has 0 amide bonds. The Morgan fingerprint density at radius 3 is 2.21 bits per heavy atom. The molecule has 0 heterocycles. The minimum Gasteiger partial charge on any atom is -0.306 e. The van der Waals surface area contributed by atoms with Crippen LogP contribution >= 0.6 is 7.26 Å². The average Bonchev–Trinajstić information content (AvgIpc) is 3.12. The Kier molecular flexibility index (Phi) is 6.04. The predicted molar refractivity (Wildman–Crippen MR) is 110 cm³/mol. The summed E-state index contributed by atoms with van der Waals surface area (Å²) in [4.78, 5) is 2.47. The first-order valence-corrected chi connectivity index (χ1v) is 12.5. The highest BCUT2D eigenvalue weighted by Gasteiger charge is 2.55. The Labute approximate surface area is 150 Å². The summed E-state index contributed by atoms with van der Waals surface area (Å²) in [5, 5.41) is 1.72. The second-order valence-electron chi connectivity index (χ2n) is 8.64. The lowest BCUT2D eigenvalue weighted by molar-refractivity contribution is 0.231. The summed E-state index contributed by atoms with van der Waals surface area (Å²) in [7, 11) is 3.43. The maximum absolute atomic E-state index is 2.74.